The van der Waals surface area contributed by atoms with Gasteiger partial charge in [-0.25, -0.2) is 4.79 Å². The van der Waals surface area contributed by atoms with Crippen LogP contribution in [0, 0.1) is 0 Å². The van der Waals surface area contributed by atoms with Gasteiger partial charge in [-0.3, -0.25) is 4.79 Å². The monoisotopic (exact) mass is 367 g/mol. The molecule has 1 amide bonds. The highest BCUT2D eigenvalue weighted by atomic mass is 16.6. The molecule has 2 aromatic carbocycles. The molecular formula is C21H21NO5. The number of benzene rings is 2. The van der Waals surface area contributed by atoms with Gasteiger partial charge in [0.25, 0.3) is 0 Å². The molecule has 0 spiro atoms. The van der Waals surface area contributed by atoms with E-state index in [0.717, 1.165) is 42.0 Å². The van der Waals surface area contributed by atoms with Crippen LogP contribution in [0.3, 0.4) is 0 Å². The minimum atomic E-state index is -0.967. The summed E-state index contributed by atoms with van der Waals surface area (Å²) in [6.45, 7) is 1.82. The number of fused-ring (bicyclic) bond motifs is 1. The van der Waals surface area contributed by atoms with E-state index in [9.17, 15) is 9.59 Å². The Morgan fingerprint density at radius 2 is 1.78 bits per heavy atom. The van der Waals surface area contributed by atoms with E-state index < -0.39 is 5.97 Å². The van der Waals surface area contributed by atoms with Crippen LogP contribution in [-0.4, -0.2) is 41.6 Å². The van der Waals surface area contributed by atoms with Crippen LogP contribution in [0.1, 0.15) is 40.4 Å². The van der Waals surface area contributed by atoms with E-state index in [0.29, 0.717) is 13.2 Å². The standard InChI is InChI=1S/C21H21NO5/c23-20(12-14-3-5-15(6-4-14)21(24)25)22-9-1-2-17(22)16-7-8-18-19(13-16)27-11-10-26-18/h3-8,13,17H,1-2,9-12H2,(H,24,25). The zero-order valence-electron chi connectivity index (χ0n) is 14.9. The van der Waals surface area contributed by atoms with Gasteiger partial charge >= 0.3 is 5.97 Å². The lowest BCUT2D eigenvalue weighted by molar-refractivity contribution is -0.131. The number of carbonyl (C=O) groups is 2. The lowest BCUT2D eigenvalue weighted by Crippen LogP contribution is -2.32. The van der Waals surface area contributed by atoms with Gasteiger partial charge in [-0.2, -0.15) is 0 Å². The third kappa shape index (κ3) is 3.60. The van der Waals surface area contributed by atoms with Crippen LogP contribution in [-0.2, 0) is 11.2 Å². The molecule has 2 aliphatic heterocycles. The molecule has 0 bridgehead atoms. The highest BCUT2D eigenvalue weighted by Gasteiger charge is 2.30. The molecule has 0 radical (unpaired) electrons. The van der Waals surface area contributed by atoms with Gasteiger partial charge in [0.15, 0.2) is 11.5 Å². The molecule has 2 aliphatic rings. The number of nitrogens with zero attached hydrogens (tertiary/aromatic N) is 1. The van der Waals surface area contributed by atoms with Crippen LogP contribution in [0.5, 0.6) is 11.5 Å². The maximum Gasteiger partial charge on any atom is 0.335 e. The lowest BCUT2D eigenvalue weighted by Gasteiger charge is -2.27. The van der Waals surface area contributed by atoms with Crippen LogP contribution in [0.4, 0.5) is 0 Å². The summed E-state index contributed by atoms with van der Waals surface area (Å²) >= 11 is 0. The van der Waals surface area contributed by atoms with Crippen molar-refractivity contribution in [2.45, 2.75) is 25.3 Å². The molecule has 2 heterocycles. The van der Waals surface area contributed by atoms with E-state index in [1.54, 1.807) is 12.1 Å². The zero-order chi connectivity index (χ0) is 18.8. The highest BCUT2D eigenvalue weighted by Crippen LogP contribution is 2.38. The largest absolute Gasteiger partial charge is 0.486 e. The molecule has 0 saturated carbocycles. The van der Waals surface area contributed by atoms with E-state index in [1.165, 1.54) is 12.1 Å². The van der Waals surface area contributed by atoms with Gasteiger partial charge < -0.3 is 19.5 Å². The predicted octanol–water partition coefficient (Wildman–Crippen LogP) is 3.06. The third-order valence-electron chi connectivity index (χ3n) is 5.08. The number of hydrogen-bond acceptors (Lipinski definition) is 4. The van der Waals surface area contributed by atoms with Crippen molar-refractivity contribution >= 4 is 11.9 Å². The Bertz CT molecular complexity index is 861. The number of carboxylic acids is 1. The summed E-state index contributed by atoms with van der Waals surface area (Å²) in [6, 6.07) is 12.4. The van der Waals surface area contributed by atoms with Crippen LogP contribution in [0.2, 0.25) is 0 Å². The second-order valence-corrected chi connectivity index (χ2v) is 6.83. The Balaban J connectivity index is 1.49. The van der Waals surface area contributed by atoms with Crippen LogP contribution < -0.4 is 9.47 Å². The van der Waals surface area contributed by atoms with Crippen LogP contribution in [0.15, 0.2) is 42.5 Å². The molecule has 1 fully saturated rings. The first-order valence-electron chi connectivity index (χ1n) is 9.13. The molecule has 0 aromatic heterocycles. The Morgan fingerprint density at radius 3 is 2.52 bits per heavy atom. The minimum Gasteiger partial charge on any atom is -0.486 e. The first-order valence-corrected chi connectivity index (χ1v) is 9.13. The second-order valence-electron chi connectivity index (χ2n) is 6.83. The molecule has 6 nitrogen and oxygen atoms in total. The fourth-order valence-electron chi connectivity index (χ4n) is 3.72. The smallest absolute Gasteiger partial charge is 0.335 e. The first-order chi connectivity index (χ1) is 13.1. The van der Waals surface area contributed by atoms with Gasteiger partial charge in [-0.05, 0) is 48.2 Å². The molecule has 27 heavy (non-hydrogen) atoms. The van der Waals surface area contributed by atoms with Gasteiger partial charge in [0.2, 0.25) is 5.91 Å². The molecular weight excluding hydrogens is 346 g/mol. The molecule has 0 aliphatic carbocycles. The zero-order valence-corrected chi connectivity index (χ0v) is 14.9. The number of likely N-dealkylation sites (tertiary alicyclic amines) is 1. The summed E-state index contributed by atoms with van der Waals surface area (Å²) < 4.78 is 11.2. The number of aromatic carboxylic acids is 1. The lowest BCUT2D eigenvalue weighted by atomic mass is 10.0. The van der Waals surface area contributed by atoms with Gasteiger partial charge in [0.05, 0.1) is 18.0 Å². The molecule has 1 unspecified atom stereocenters. The van der Waals surface area contributed by atoms with E-state index >= 15 is 0 Å². The Kier molecular flexibility index (Phi) is 4.71. The first kappa shape index (κ1) is 17.4. The van der Waals surface area contributed by atoms with E-state index in [4.69, 9.17) is 14.6 Å². The van der Waals surface area contributed by atoms with Gasteiger partial charge in [0.1, 0.15) is 13.2 Å². The number of rotatable bonds is 4. The summed E-state index contributed by atoms with van der Waals surface area (Å²) in [4.78, 5) is 25.7. The average Bonchev–Trinajstić information content (AvgIpc) is 3.18. The molecule has 4 rings (SSSR count). The topological polar surface area (TPSA) is 76.1 Å². The Hall–Kier alpha value is -3.02. The molecule has 1 N–H and O–H groups in total. The van der Waals surface area contributed by atoms with Crippen molar-refractivity contribution in [1.29, 1.82) is 0 Å². The second kappa shape index (κ2) is 7.31. The van der Waals surface area contributed by atoms with Crippen molar-refractivity contribution in [1.82, 2.24) is 4.90 Å². The average molecular weight is 367 g/mol. The van der Waals surface area contributed by atoms with Crippen molar-refractivity contribution in [3.05, 3.63) is 59.2 Å². The summed E-state index contributed by atoms with van der Waals surface area (Å²) in [7, 11) is 0. The van der Waals surface area contributed by atoms with Crippen molar-refractivity contribution in [2.24, 2.45) is 0 Å². The third-order valence-corrected chi connectivity index (χ3v) is 5.08. The van der Waals surface area contributed by atoms with Crippen molar-refractivity contribution in [3.8, 4) is 11.5 Å². The summed E-state index contributed by atoms with van der Waals surface area (Å²) in [5, 5.41) is 8.98. The number of ether oxygens (including phenoxy) is 2. The predicted molar refractivity (Wildman–Crippen MR) is 98.2 cm³/mol. The van der Waals surface area contributed by atoms with Gasteiger partial charge in [-0.1, -0.05) is 18.2 Å². The molecule has 1 atom stereocenters. The van der Waals surface area contributed by atoms with E-state index in [-0.39, 0.29) is 23.9 Å². The van der Waals surface area contributed by atoms with Crippen molar-refractivity contribution in [3.63, 3.8) is 0 Å². The quantitative estimate of drug-likeness (QED) is 0.899. The van der Waals surface area contributed by atoms with Crippen molar-refractivity contribution in [2.75, 3.05) is 19.8 Å². The molecule has 140 valence electrons. The molecule has 2 aromatic rings. The summed E-state index contributed by atoms with van der Waals surface area (Å²) in [6.07, 6.45) is 2.15. The maximum absolute atomic E-state index is 12.9. The normalized spacial score (nSPS) is 18.4. The van der Waals surface area contributed by atoms with E-state index in [2.05, 4.69) is 0 Å². The Morgan fingerprint density at radius 1 is 1.04 bits per heavy atom. The number of carboxylic acid groups (broad SMARTS) is 1. The number of carbonyl (C=O) groups excluding carboxylic acids is 1. The minimum absolute atomic E-state index is 0.0339. The highest BCUT2D eigenvalue weighted by molar-refractivity contribution is 5.87. The number of amides is 1. The van der Waals surface area contributed by atoms with E-state index in [1.807, 2.05) is 23.1 Å². The number of hydrogen-bond donors (Lipinski definition) is 1. The molecule has 1 saturated heterocycles. The fraction of sp³-hybridized carbons (Fsp3) is 0.333. The Labute approximate surface area is 157 Å². The SMILES string of the molecule is O=C(O)c1ccc(CC(=O)N2CCCC2c2ccc3c(c2)OCCO3)cc1. The van der Waals surface area contributed by atoms with Crippen LogP contribution in [0.25, 0.3) is 0 Å². The fourth-order valence-corrected chi connectivity index (χ4v) is 3.72. The maximum atomic E-state index is 12.9. The van der Waals surface area contributed by atoms with Crippen LogP contribution >= 0.6 is 0 Å². The van der Waals surface area contributed by atoms with Gasteiger partial charge in [0, 0.05) is 6.54 Å². The van der Waals surface area contributed by atoms with Crippen molar-refractivity contribution < 1.29 is 24.2 Å². The van der Waals surface area contributed by atoms with Gasteiger partial charge in [-0.15, -0.1) is 0 Å². The molecule has 6 heteroatoms. The summed E-state index contributed by atoms with van der Waals surface area (Å²) in [5.41, 5.74) is 2.10. The summed E-state index contributed by atoms with van der Waals surface area (Å²) in [5.74, 6) is 0.572.